The summed E-state index contributed by atoms with van der Waals surface area (Å²) in [5, 5.41) is 1.57. The van der Waals surface area contributed by atoms with Crippen LogP contribution in [0.4, 0.5) is 0 Å². The molecular formula is C17H13BrClNO. The number of rotatable bonds is 4. The van der Waals surface area contributed by atoms with Gasteiger partial charge in [-0.25, -0.2) is 4.98 Å². The molecule has 0 fully saturated rings. The van der Waals surface area contributed by atoms with Gasteiger partial charge in [0.05, 0.1) is 18.7 Å². The standard InChI is InChI=1S/C17H13BrClNO/c18-15-6-3-4-12(8-15)10-21-11-14-9-13-5-1-2-7-16(13)20-17(14)19/h1-9H,10-11H2. The fourth-order valence-electron chi connectivity index (χ4n) is 2.14. The van der Waals surface area contributed by atoms with Crippen molar-refractivity contribution in [2.75, 3.05) is 0 Å². The number of halogens is 2. The van der Waals surface area contributed by atoms with Crippen molar-refractivity contribution >= 4 is 38.4 Å². The third-order valence-electron chi connectivity index (χ3n) is 3.17. The van der Waals surface area contributed by atoms with Crippen LogP contribution in [0.2, 0.25) is 5.15 Å². The van der Waals surface area contributed by atoms with Gasteiger partial charge in [-0.3, -0.25) is 0 Å². The van der Waals surface area contributed by atoms with Gasteiger partial charge in [-0.05, 0) is 29.8 Å². The van der Waals surface area contributed by atoms with Crippen LogP contribution in [0.5, 0.6) is 0 Å². The molecule has 0 bridgehead atoms. The summed E-state index contributed by atoms with van der Waals surface area (Å²) in [5.41, 5.74) is 2.93. The van der Waals surface area contributed by atoms with Gasteiger partial charge in [-0.15, -0.1) is 0 Å². The molecule has 0 aliphatic heterocycles. The SMILES string of the molecule is Clc1nc2ccccc2cc1COCc1cccc(Br)c1. The van der Waals surface area contributed by atoms with Crippen LogP contribution < -0.4 is 0 Å². The topological polar surface area (TPSA) is 22.1 Å². The first-order valence-electron chi connectivity index (χ1n) is 6.59. The molecule has 0 aliphatic carbocycles. The second-order valence-electron chi connectivity index (χ2n) is 4.75. The largest absolute Gasteiger partial charge is 0.372 e. The molecule has 0 spiro atoms. The van der Waals surface area contributed by atoms with Crippen molar-refractivity contribution in [1.82, 2.24) is 4.98 Å². The maximum absolute atomic E-state index is 6.21. The summed E-state index contributed by atoms with van der Waals surface area (Å²) >= 11 is 9.66. The smallest absolute Gasteiger partial charge is 0.135 e. The van der Waals surface area contributed by atoms with Crippen molar-refractivity contribution < 1.29 is 4.74 Å². The van der Waals surface area contributed by atoms with E-state index < -0.39 is 0 Å². The first-order valence-corrected chi connectivity index (χ1v) is 7.76. The molecule has 0 aliphatic rings. The summed E-state index contributed by atoms with van der Waals surface area (Å²) in [7, 11) is 0. The monoisotopic (exact) mass is 361 g/mol. The summed E-state index contributed by atoms with van der Waals surface area (Å²) < 4.78 is 6.80. The van der Waals surface area contributed by atoms with E-state index in [0.29, 0.717) is 18.4 Å². The number of hydrogen-bond acceptors (Lipinski definition) is 2. The first kappa shape index (κ1) is 14.5. The van der Waals surface area contributed by atoms with Gasteiger partial charge in [0, 0.05) is 15.4 Å². The van der Waals surface area contributed by atoms with Crippen LogP contribution in [0.3, 0.4) is 0 Å². The Kier molecular flexibility index (Phi) is 4.54. The first-order chi connectivity index (χ1) is 10.2. The van der Waals surface area contributed by atoms with Crippen LogP contribution in [-0.4, -0.2) is 4.98 Å². The number of fused-ring (bicyclic) bond motifs is 1. The van der Waals surface area contributed by atoms with Crippen molar-refractivity contribution in [3.63, 3.8) is 0 Å². The summed E-state index contributed by atoms with van der Waals surface area (Å²) in [6.07, 6.45) is 0. The van der Waals surface area contributed by atoms with Crippen molar-refractivity contribution in [1.29, 1.82) is 0 Å². The normalized spacial score (nSPS) is 11.0. The van der Waals surface area contributed by atoms with Crippen LogP contribution in [0, 0.1) is 0 Å². The van der Waals surface area contributed by atoms with E-state index >= 15 is 0 Å². The van der Waals surface area contributed by atoms with Gasteiger partial charge in [0.1, 0.15) is 5.15 Å². The Bertz CT molecular complexity index is 776. The van der Waals surface area contributed by atoms with Crippen LogP contribution in [-0.2, 0) is 18.0 Å². The van der Waals surface area contributed by atoms with Crippen LogP contribution >= 0.6 is 27.5 Å². The summed E-state index contributed by atoms with van der Waals surface area (Å²) in [6, 6.07) is 18.0. The maximum atomic E-state index is 6.21. The number of ether oxygens (including phenoxy) is 1. The molecule has 3 aromatic rings. The lowest BCUT2D eigenvalue weighted by Crippen LogP contribution is -1.96. The minimum Gasteiger partial charge on any atom is -0.372 e. The fraction of sp³-hybridized carbons (Fsp3) is 0.118. The van der Waals surface area contributed by atoms with E-state index in [0.717, 1.165) is 26.5 Å². The molecule has 0 unspecified atom stereocenters. The van der Waals surface area contributed by atoms with Gasteiger partial charge in [0.2, 0.25) is 0 Å². The van der Waals surface area contributed by atoms with Gasteiger partial charge in [0.25, 0.3) is 0 Å². The highest BCUT2D eigenvalue weighted by Gasteiger charge is 2.05. The molecule has 0 saturated carbocycles. The maximum Gasteiger partial charge on any atom is 0.135 e. The molecule has 0 amide bonds. The number of aromatic nitrogens is 1. The fourth-order valence-corrected chi connectivity index (χ4v) is 2.79. The van der Waals surface area contributed by atoms with Crippen molar-refractivity contribution in [3.8, 4) is 0 Å². The minimum atomic E-state index is 0.448. The van der Waals surface area contributed by atoms with Crippen molar-refractivity contribution in [2.24, 2.45) is 0 Å². The molecule has 4 heteroatoms. The number of para-hydroxylation sites is 1. The lowest BCUT2D eigenvalue weighted by molar-refractivity contribution is 0.107. The molecule has 2 nitrogen and oxygen atoms in total. The van der Waals surface area contributed by atoms with Crippen LogP contribution in [0.1, 0.15) is 11.1 Å². The zero-order valence-electron chi connectivity index (χ0n) is 11.2. The van der Waals surface area contributed by atoms with Crippen molar-refractivity contribution in [3.05, 3.63) is 75.4 Å². The summed E-state index contributed by atoms with van der Waals surface area (Å²) in [4.78, 5) is 4.39. The Hall–Kier alpha value is -1.42. The Morgan fingerprint density at radius 3 is 2.71 bits per heavy atom. The summed E-state index contributed by atoms with van der Waals surface area (Å²) in [6.45, 7) is 0.992. The van der Waals surface area contributed by atoms with E-state index in [4.69, 9.17) is 16.3 Å². The highest BCUT2D eigenvalue weighted by Crippen LogP contribution is 2.21. The lowest BCUT2D eigenvalue weighted by atomic mass is 10.2. The number of hydrogen-bond donors (Lipinski definition) is 0. The highest BCUT2D eigenvalue weighted by atomic mass is 79.9. The average molecular weight is 363 g/mol. The molecule has 1 heterocycles. The second kappa shape index (κ2) is 6.56. The van der Waals surface area contributed by atoms with E-state index in [1.165, 1.54) is 0 Å². The Labute approximate surface area is 136 Å². The molecule has 21 heavy (non-hydrogen) atoms. The van der Waals surface area contributed by atoms with E-state index in [1.807, 2.05) is 54.6 Å². The van der Waals surface area contributed by atoms with Crippen LogP contribution in [0.15, 0.2) is 59.1 Å². The Morgan fingerprint density at radius 1 is 1.00 bits per heavy atom. The average Bonchev–Trinajstić information content (AvgIpc) is 2.48. The third kappa shape index (κ3) is 3.62. The molecular weight excluding hydrogens is 350 g/mol. The van der Waals surface area contributed by atoms with E-state index in [1.54, 1.807) is 0 Å². The molecule has 1 aromatic heterocycles. The predicted octanol–water partition coefficient (Wildman–Crippen LogP) is 5.37. The third-order valence-corrected chi connectivity index (χ3v) is 3.99. The van der Waals surface area contributed by atoms with Gasteiger partial charge in [-0.1, -0.05) is 57.9 Å². The molecule has 0 atom stereocenters. The zero-order valence-corrected chi connectivity index (χ0v) is 13.6. The van der Waals surface area contributed by atoms with Gasteiger partial charge in [-0.2, -0.15) is 0 Å². The molecule has 0 radical (unpaired) electrons. The molecule has 106 valence electrons. The molecule has 0 N–H and O–H groups in total. The number of benzene rings is 2. The Balaban J connectivity index is 1.71. The lowest BCUT2D eigenvalue weighted by Gasteiger charge is -2.08. The van der Waals surface area contributed by atoms with Gasteiger partial charge >= 0.3 is 0 Å². The molecule has 3 rings (SSSR count). The zero-order chi connectivity index (χ0) is 14.7. The number of pyridine rings is 1. The van der Waals surface area contributed by atoms with E-state index in [9.17, 15) is 0 Å². The predicted molar refractivity (Wildman–Crippen MR) is 89.4 cm³/mol. The van der Waals surface area contributed by atoms with Gasteiger partial charge < -0.3 is 4.74 Å². The highest BCUT2D eigenvalue weighted by molar-refractivity contribution is 9.10. The second-order valence-corrected chi connectivity index (χ2v) is 6.03. The van der Waals surface area contributed by atoms with Crippen molar-refractivity contribution in [2.45, 2.75) is 13.2 Å². The number of nitrogens with zero attached hydrogens (tertiary/aromatic N) is 1. The van der Waals surface area contributed by atoms with E-state index in [-0.39, 0.29) is 0 Å². The van der Waals surface area contributed by atoms with Gasteiger partial charge in [0.15, 0.2) is 0 Å². The molecule has 0 saturated heterocycles. The quantitative estimate of drug-likeness (QED) is 0.582. The minimum absolute atomic E-state index is 0.448. The van der Waals surface area contributed by atoms with Crippen LogP contribution in [0.25, 0.3) is 10.9 Å². The molecule has 2 aromatic carbocycles. The summed E-state index contributed by atoms with van der Waals surface area (Å²) in [5.74, 6) is 0. The Morgan fingerprint density at radius 2 is 1.86 bits per heavy atom. The van der Waals surface area contributed by atoms with E-state index in [2.05, 4.69) is 20.9 Å².